The van der Waals surface area contributed by atoms with Crippen molar-refractivity contribution in [1.82, 2.24) is 36.9 Å². The summed E-state index contributed by atoms with van der Waals surface area (Å²) in [4.78, 5) is 0. The van der Waals surface area contributed by atoms with E-state index in [0.717, 1.165) is 0 Å². The largest absolute Gasteiger partial charge is 3.00 e. The molecule has 0 aromatic heterocycles. The molecule has 0 spiro atoms. The van der Waals surface area contributed by atoms with Gasteiger partial charge >= 0.3 is 17.4 Å². The second-order valence-corrected chi connectivity index (χ2v) is 0. The van der Waals surface area contributed by atoms with Crippen LogP contribution >= 0.6 is 0 Å². The Hall–Kier alpha value is 2.48. The number of rotatable bonds is 0. The fourth-order valence-corrected chi connectivity index (χ4v) is 0. The van der Waals surface area contributed by atoms with Gasteiger partial charge in [0.15, 0.2) is 0 Å². The van der Waals surface area contributed by atoms with Crippen molar-refractivity contribution in [2.75, 3.05) is 0 Å². The van der Waals surface area contributed by atoms with E-state index in [1.807, 2.05) is 0 Å². The summed E-state index contributed by atoms with van der Waals surface area (Å²) in [5, 5.41) is 0. The number of hydrogen-bond donors (Lipinski definition) is 6. The second-order valence-electron chi connectivity index (χ2n) is 0. The Balaban J connectivity index is 0. The van der Waals surface area contributed by atoms with Gasteiger partial charge in [-0.2, -0.15) is 0 Å². The molecule has 0 aliphatic carbocycles. The molecule has 10 heavy (non-hydrogen) atoms. The van der Waals surface area contributed by atoms with E-state index in [4.69, 9.17) is 0 Å². The first-order chi connectivity index (χ1) is 0. The zero-order valence-corrected chi connectivity index (χ0v) is 13.6. The average molecular weight is 510 g/mol. The maximum Gasteiger partial charge on any atom is 3.00 e. The minimum atomic E-state index is 0. The second kappa shape index (κ2) is 205. The van der Waals surface area contributed by atoms with Crippen LogP contribution in [0.1, 0.15) is 0 Å². The van der Waals surface area contributed by atoms with E-state index in [-0.39, 0.29) is 126 Å². The van der Waals surface area contributed by atoms with E-state index in [2.05, 4.69) is 0 Å². The van der Waals surface area contributed by atoms with Gasteiger partial charge in [-0.25, -0.2) is 0 Å². The van der Waals surface area contributed by atoms with Crippen molar-refractivity contribution in [3.63, 3.8) is 0 Å². The molecule has 0 aliphatic rings. The third-order valence-electron chi connectivity index (χ3n) is 0. The van der Waals surface area contributed by atoms with Crippen molar-refractivity contribution in [2.45, 2.75) is 0 Å². The van der Waals surface area contributed by atoms with Gasteiger partial charge in [0, 0.05) is 0 Å². The summed E-state index contributed by atoms with van der Waals surface area (Å²) in [6, 6.07) is 0. The first-order valence-corrected chi connectivity index (χ1v) is 0. The summed E-state index contributed by atoms with van der Waals surface area (Å²) in [6.07, 6.45) is 0. The molecular weight excluding hydrogens is 492 g/mol. The van der Waals surface area contributed by atoms with Gasteiger partial charge in [0.1, 0.15) is 0 Å². The first kappa shape index (κ1) is 267. The molecule has 0 atom stereocenters. The average Bonchev–Trinajstić information content (AvgIpc) is 0. The van der Waals surface area contributed by atoms with Gasteiger partial charge in [0.05, 0.1) is 0 Å². The molecule has 72 valence electrons. The van der Waals surface area contributed by atoms with Crippen LogP contribution in [0.2, 0.25) is 0 Å². The molecule has 0 rings (SSSR count). The summed E-state index contributed by atoms with van der Waals surface area (Å²) in [6.45, 7) is 0. The van der Waals surface area contributed by atoms with Crippen LogP contribution in [0.4, 0.5) is 0 Å². The van der Waals surface area contributed by atoms with E-state index >= 15 is 0 Å². The van der Waals surface area contributed by atoms with Gasteiger partial charge in [0.25, 0.3) is 0 Å². The van der Waals surface area contributed by atoms with Gasteiger partial charge < -0.3 is 109 Å². The molecule has 0 amide bonds. The Morgan fingerprint density at radius 3 is 0.300 bits per heavy atom. The minimum absolute atomic E-state index is 0. The van der Waals surface area contributed by atoms with Crippen LogP contribution in [0.25, 0.3) is 0 Å². The Bertz CT molecular complexity index is 13.0. The molecule has 0 bridgehead atoms. The number of halogens is 3. The maximum absolute atomic E-state index is 0. The van der Waals surface area contributed by atoms with E-state index in [9.17, 15) is 0 Å². The van der Waals surface area contributed by atoms with Crippen LogP contribution in [0, 0.1) is 0 Å². The van der Waals surface area contributed by atoms with Crippen molar-refractivity contribution in [3.8, 4) is 0 Å². The van der Waals surface area contributed by atoms with Crippen molar-refractivity contribution >= 4 is 17.4 Å². The van der Waals surface area contributed by atoms with Crippen molar-refractivity contribution in [2.24, 2.45) is 0 Å². The summed E-state index contributed by atoms with van der Waals surface area (Å²) in [5.74, 6) is 0. The molecule has 0 heterocycles. The number of hydrogen-bond acceptors (Lipinski definition) is 6. The molecule has 0 saturated carbocycles. The molecule has 0 aromatic carbocycles. The van der Waals surface area contributed by atoms with Crippen molar-refractivity contribution in [3.05, 3.63) is 0 Å². The Morgan fingerprint density at radius 2 is 0.300 bits per heavy atom. The fourth-order valence-electron chi connectivity index (χ4n) is 0. The zero-order chi connectivity index (χ0) is 0. The first-order valence-electron chi connectivity index (χ1n) is 0. The molecule has 6 nitrogen and oxygen atoms in total. The van der Waals surface area contributed by atoms with Gasteiger partial charge in [-0.1, -0.05) is 0 Å². The molecule has 0 unspecified atom stereocenters. The summed E-state index contributed by atoms with van der Waals surface area (Å²) in [7, 11) is 0. The van der Waals surface area contributed by atoms with Gasteiger partial charge in [-0.3, -0.25) is 0 Å². The van der Waals surface area contributed by atoms with Crippen LogP contribution in [0.5, 0.6) is 0 Å². The van der Waals surface area contributed by atoms with E-state index in [1.54, 1.807) is 0 Å². The zero-order valence-electron chi connectivity index (χ0n) is 5.95. The van der Waals surface area contributed by atoms with Crippen molar-refractivity contribution in [1.29, 1.82) is 0 Å². The van der Waals surface area contributed by atoms with Gasteiger partial charge in [0.2, 0.25) is 0 Å². The molecule has 0 saturated heterocycles. The van der Waals surface area contributed by atoms with Gasteiger partial charge in [-0.05, 0) is 0 Å². The predicted molar refractivity (Wildman–Crippen MR) is 35.9 cm³/mol. The Labute approximate surface area is 124 Å². The predicted octanol–water partition coefficient (Wildman–Crippen LogP) is -8.40. The van der Waals surface area contributed by atoms with E-state index in [0.29, 0.717) is 0 Å². The standard InChI is InChI=1S/Al.3HI.6H3N/h;3*1H;6*1H3/q+3;;;;;;;;;/p-3. The Morgan fingerprint density at radius 1 is 0.300 bits per heavy atom. The van der Waals surface area contributed by atoms with E-state index < -0.39 is 0 Å². The maximum atomic E-state index is 0. The quantitative estimate of drug-likeness (QED) is 0.138. The van der Waals surface area contributed by atoms with Crippen LogP contribution in [0.3, 0.4) is 0 Å². The smallest absolute Gasteiger partial charge is 1.00 e. The molecular formula is H18AlI3N6. The summed E-state index contributed by atoms with van der Waals surface area (Å²) >= 11 is 0. The molecule has 0 aliphatic heterocycles. The molecule has 10 heteroatoms. The monoisotopic (exact) mass is 510 g/mol. The minimum Gasteiger partial charge on any atom is -1.00 e. The molecule has 0 fully saturated rings. The third kappa shape index (κ3) is 153. The van der Waals surface area contributed by atoms with Crippen molar-refractivity contribution < 1.29 is 71.9 Å². The summed E-state index contributed by atoms with van der Waals surface area (Å²) in [5.41, 5.74) is 0. The molecule has 18 N–H and O–H groups in total. The topological polar surface area (TPSA) is 210 Å². The Kier molecular flexibility index (Phi) is 5470. The van der Waals surface area contributed by atoms with Crippen LogP contribution in [0.15, 0.2) is 0 Å². The van der Waals surface area contributed by atoms with Crippen LogP contribution < -0.4 is 109 Å². The summed E-state index contributed by atoms with van der Waals surface area (Å²) < 4.78 is 0. The molecule has 0 radical (unpaired) electrons. The van der Waals surface area contributed by atoms with Crippen LogP contribution in [-0.4, -0.2) is 17.4 Å². The van der Waals surface area contributed by atoms with E-state index in [1.165, 1.54) is 0 Å². The van der Waals surface area contributed by atoms with Gasteiger partial charge in [-0.15, -0.1) is 0 Å². The molecule has 0 aromatic rings. The van der Waals surface area contributed by atoms with Crippen LogP contribution in [-0.2, 0) is 0 Å². The third-order valence-corrected chi connectivity index (χ3v) is 0. The fraction of sp³-hybridized carbons (Fsp3) is 0. The normalized spacial score (nSPS) is 0. The SMILES string of the molecule is N.N.N.N.N.N.[Al+3].[I-].[I-].[I-].